The fourth-order valence-electron chi connectivity index (χ4n) is 2.42. The smallest absolute Gasteiger partial charge is 0.255 e. The van der Waals surface area contributed by atoms with Crippen molar-refractivity contribution in [2.24, 2.45) is 0 Å². The van der Waals surface area contributed by atoms with Crippen LogP contribution >= 0.6 is 0 Å². The third-order valence-corrected chi connectivity index (χ3v) is 3.74. The molecule has 5 nitrogen and oxygen atoms in total. The zero-order valence-corrected chi connectivity index (χ0v) is 14.4. The number of halogens is 2. The zero-order valence-electron chi connectivity index (χ0n) is 14.4. The Balaban J connectivity index is 2.29. The minimum absolute atomic E-state index is 0.219. The van der Waals surface area contributed by atoms with E-state index in [9.17, 15) is 13.6 Å². The van der Waals surface area contributed by atoms with E-state index >= 15 is 0 Å². The van der Waals surface area contributed by atoms with Crippen molar-refractivity contribution in [3.05, 3.63) is 53.1 Å². The molecule has 0 spiro atoms. The molecule has 2 aromatic carbocycles. The first-order valence-corrected chi connectivity index (χ1v) is 7.47. The number of benzene rings is 2. The van der Waals surface area contributed by atoms with E-state index in [-0.39, 0.29) is 17.1 Å². The molecule has 0 aliphatic rings. The van der Waals surface area contributed by atoms with Gasteiger partial charge in [0.1, 0.15) is 0 Å². The summed E-state index contributed by atoms with van der Waals surface area (Å²) in [5, 5.41) is 2.72. The lowest BCUT2D eigenvalue weighted by Crippen LogP contribution is -2.27. The molecule has 0 aromatic heterocycles. The van der Waals surface area contributed by atoms with E-state index < -0.39 is 23.6 Å². The van der Waals surface area contributed by atoms with Gasteiger partial charge >= 0.3 is 0 Å². The average Bonchev–Trinajstić information content (AvgIpc) is 2.62. The van der Waals surface area contributed by atoms with Gasteiger partial charge in [0.2, 0.25) is 5.75 Å². The van der Waals surface area contributed by atoms with Crippen molar-refractivity contribution in [2.45, 2.75) is 13.0 Å². The van der Waals surface area contributed by atoms with Crippen LogP contribution in [-0.4, -0.2) is 27.2 Å². The standard InChI is InChI=1S/C18H19F2NO4/c1-10(11-5-7-13(19)14(20)9-11)21-18(22)12-6-8-15(23-2)17(25-4)16(12)24-3/h5-10H,1-4H3,(H,21,22). The van der Waals surface area contributed by atoms with Gasteiger partial charge in [0, 0.05) is 0 Å². The quantitative estimate of drug-likeness (QED) is 0.866. The maximum absolute atomic E-state index is 13.4. The van der Waals surface area contributed by atoms with E-state index in [1.165, 1.54) is 33.5 Å². The van der Waals surface area contributed by atoms with Crippen LogP contribution in [0.25, 0.3) is 0 Å². The van der Waals surface area contributed by atoms with Gasteiger partial charge in [-0.05, 0) is 36.8 Å². The summed E-state index contributed by atoms with van der Waals surface area (Å²) >= 11 is 0. The van der Waals surface area contributed by atoms with Crippen molar-refractivity contribution >= 4 is 5.91 Å². The Morgan fingerprint density at radius 1 is 0.960 bits per heavy atom. The first kappa shape index (κ1) is 18.5. The third-order valence-electron chi connectivity index (χ3n) is 3.74. The number of methoxy groups -OCH3 is 3. The first-order chi connectivity index (χ1) is 11.9. The fourth-order valence-corrected chi connectivity index (χ4v) is 2.42. The predicted octanol–water partition coefficient (Wildman–Crippen LogP) is 3.48. The van der Waals surface area contributed by atoms with Crippen LogP contribution in [0.3, 0.4) is 0 Å². The Hall–Kier alpha value is -2.83. The SMILES string of the molecule is COc1ccc(C(=O)NC(C)c2ccc(F)c(F)c2)c(OC)c1OC. The van der Waals surface area contributed by atoms with Gasteiger partial charge < -0.3 is 19.5 Å². The highest BCUT2D eigenvalue weighted by atomic mass is 19.2. The van der Waals surface area contributed by atoms with Gasteiger partial charge in [-0.15, -0.1) is 0 Å². The normalized spacial score (nSPS) is 11.6. The molecule has 0 heterocycles. The summed E-state index contributed by atoms with van der Waals surface area (Å²) in [5.74, 6) is -1.43. The topological polar surface area (TPSA) is 56.8 Å². The molecule has 0 aliphatic carbocycles. The summed E-state index contributed by atoms with van der Waals surface area (Å²) in [6.45, 7) is 1.66. The zero-order chi connectivity index (χ0) is 18.6. The minimum atomic E-state index is -0.970. The average molecular weight is 351 g/mol. The molecular weight excluding hydrogens is 332 g/mol. The van der Waals surface area contributed by atoms with E-state index in [1.54, 1.807) is 13.0 Å². The van der Waals surface area contributed by atoms with Crippen LogP contribution in [0.15, 0.2) is 30.3 Å². The highest BCUT2D eigenvalue weighted by Gasteiger charge is 2.22. The molecule has 134 valence electrons. The molecule has 0 saturated heterocycles. The number of ether oxygens (including phenoxy) is 3. The lowest BCUT2D eigenvalue weighted by Gasteiger charge is -2.18. The Kier molecular flexibility index (Phi) is 5.80. The second-order valence-electron chi connectivity index (χ2n) is 5.25. The molecular formula is C18H19F2NO4. The van der Waals surface area contributed by atoms with Crippen LogP contribution in [0, 0.1) is 11.6 Å². The van der Waals surface area contributed by atoms with E-state index in [4.69, 9.17) is 14.2 Å². The van der Waals surface area contributed by atoms with Crippen LogP contribution in [0.4, 0.5) is 8.78 Å². The molecule has 2 rings (SSSR count). The Morgan fingerprint density at radius 2 is 1.64 bits per heavy atom. The number of nitrogens with one attached hydrogen (secondary N) is 1. The lowest BCUT2D eigenvalue weighted by molar-refractivity contribution is 0.0936. The Morgan fingerprint density at radius 3 is 2.20 bits per heavy atom. The Labute approximate surface area is 144 Å². The summed E-state index contributed by atoms with van der Waals surface area (Å²) in [4.78, 5) is 12.6. The van der Waals surface area contributed by atoms with Crippen molar-refractivity contribution in [3.8, 4) is 17.2 Å². The molecule has 0 aliphatic heterocycles. The van der Waals surface area contributed by atoms with Gasteiger partial charge in [0.05, 0.1) is 32.9 Å². The van der Waals surface area contributed by atoms with Gasteiger partial charge in [0.15, 0.2) is 23.1 Å². The molecule has 2 aromatic rings. The monoisotopic (exact) mass is 351 g/mol. The first-order valence-electron chi connectivity index (χ1n) is 7.47. The minimum Gasteiger partial charge on any atom is -0.493 e. The molecule has 0 saturated carbocycles. The number of amides is 1. The largest absolute Gasteiger partial charge is 0.493 e. The van der Waals surface area contributed by atoms with E-state index in [0.29, 0.717) is 11.3 Å². The van der Waals surface area contributed by atoms with Crippen LogP contribution in [0.2, 0.25) is 0 Å². The summed E-state index contributed by atoms with van der Waals surface area (Å²) in [7, 11) is 4.32. The second kappa shape index (κ2) is 7.83. The second-order valence-corrected chi connectivity index (χ2v) is 5.25. The highest BCUT2D eigenvalue weighted by molar-refractivity contribution is 5.98. The number of hydrogen-bond donors (Lipinski definition) is 1. The van der Waals surface area contributed by atoms with Crippen molar-refractivity contribution < 1.29 is 27.8 Å². The molecule has 25 heavy (non-hydrogen) atoms. The van der Waals surface area contributed by atoms with Gasteiger partial charge in [-0.3, -0.25) is 4.79 Å². The van der Waals surface area contributed by atoms with E-state index in [0.717, 1.165) is 12.1 Å². The molecule has 1 unspecified atom stereocenters. The number of rotatable bonds is 6. The van der Waals surface area contributed by atoms with Gasteiger partial charge in [-0.2, -0.15) is 0 Å². The highest BCUT2D eigenvalue weighted by Crippen LogP contribution is 2.39. The number of hydrogen-bond acceptors (Lipinski definition) is 4. The predicted molar refractivity (Wildman–Crippen MR) is 88.3 cm³/mol. The van der Waals surface area contributed by atoms with Gasteiger partial charge in [-0.1, -0.05) is 6.07 Å². The fraction of sp³-hybridized carbons (Fsp3) is 0.278. The lowest BCUT2D eigenvalue weighted by atomic mass is 10.1. The van der Waals surface area contributed by atoms with Crippen molar-refractivity contribution in [1.82, 2.24) is 5.32 Å². The maximum Gasteiger partial charge on any atom is 0.255 e. The summed E-state index contributed by atoms with van der Waals surface area (Å²) < 4.78 is 42.1. The Bertz CT molecular complexity index is 780. The van der Waals surface area contributed by atoms with Gasteiger partial charge in [-0.25, -0.2) is 8.78 Å². The molecule has 1 amide bonds. The van der Waals surface area contributed by atoms with Crippen LogP contribution in [0.5, 0.6) is 17.2 Å². The summed E-state index contributed by atoms with van der Waals surface area (Å²) in [6, 6.07) is 6.05. The summed E-state index contributed by atoms with van der Waals surface area (Å²) in [6.07, 6.45) is 0. The molecule has 0 radical (unpaired) electrons. The number of carbonyl (C=O) groups excluding carboxylic acids is 1. The van der Waals surface area contributed by atoms with Crippen molar-refractivity contribution in [2.75, 3.05) is 21.3 Å². The van der Waals surface area contributed by atoms with Crippen LogP contribution in [-0.2, 0) is 0 Å². The van der Waals surface area contributed by atoms with Gasteiger partial charge in [0.25, 0.3) is 5.91 Å². The number of carbonyl (C=O) groups is 1. The van der Waals surface area contributed by atoms with Crippen LogP contribution < -0.4 is 19.5 Å². The molecule has 7 heteroatoms. The molecule has 1 N–H and O–H groups in total. The molecule has 0 fully saturated rings. The van der Waals surface area contributed by atoms with Crippen LogP contribution in [0.1, 0.15) is 28.9 Å². The molecule has 0 bridgehead atoms. The maximum atomic E-state index is 13.4. The van der Waals surface area contributed by atoms with E-state index in [2.05, 4.69) is 5.32 Å². The molecule has 1 atom stereocenters. The third kappa shape index (κ3) is 3.81. The summed E-state index contributed by atoms with van der Waals surface area (Å²) in [5.41, 5.74) is 0.668. The van der Waals surface area contributed by atoms with E-state index in [1.807, 2.05) is 0 Å². The van der Waals surface area contributed by atoms with Crippen molar-refractivity contribution in [1.29, 1.82) is 0 Å². The van der Waals surface area contributed by atoms with Crippen molar-refractivity contribution in [3.63, 3.8) is 0 Å².